The summed E-state index contributed by atoms with van der Waals surface area (Å²) in [6, 6.07) is 0.0218. The van der Waals surface area contributed by atoms with Crippen molar-refractivity contribution in [3.05, 3.63) is 0 Å². The maximum Gasteiger partial charge on any atom is 0.237 e. The van der Waals surface area contributed by atoms with Gasteiger partial charge in [-0.15, -0.1) is 0 Å². The monoisotopic (exact) mass is 212 g/mol. The summed E-state index contributed by atoms with van der Waals surface area (Å²) in [6.45, 7) is 6.33. The Morgan fingerprint density at radius 1 is 1.53 bits per heavy atom. The number of nitrogens with one attached hydrogen (secondary N) is 1. The molecule has 0 aliphatic heterocycles. The van der Waals surface area contributed by atoms with Crippen LogP contribution in [-0.4, -0.2) is 18.0 Å². The van der Waals surface area contributed by atoms with Gasteiger partial charge in [0.05, 0.1) is 6.04 Å². The first-order valence-electron chi connectivity index (χ1n) is 6.10. The van der Waals surface area contributed by atoms with Gasteiger partial charge in [-0.2, -0.15) is 0 Å². The van der Waals surface area contributed by atoms with Crippen LogP contribution in [0.25, 0.3) is 0 Å². The van der Waals surface area contributed by atoms with E-state index in [9.17, 15) is 4.79 Å². The molecule has 0 saturated heterocycles. The largest absolute Gasteiger partial charge is 0.352 e. The fraction of sp³-hybridized carbons (Fsp3) is 0.917. The molecule has 0 aromatic carbocycles. The second-order valence-corrected chi connectivity index (χ2v) is 5.04. The van der Waals surface area contributed by atoms with Gasteiger partial charge in [-0.3, -0.25) is 4.79 Å². The summed E-state index contributed by atoms with van der Waals surface area (Å²) in [5.74, 6) is 1.04. The number of amides is 1. The standard InChI is InChI=1S/C12H24N2O/c1-4-9(3)11(13)12(15)14-10-6-5-8(2)7-10/h8-11H,4-7,13H2,1-3H3,(H,14,15). The molecule has 4 unspecified atom stereocenters. The quantitative estimate of drug-likeness (QED) is 0.744. The second-order valence-electron chi connectivity index (χ2n) is 5.04. The Labute approximate surface area is 92.8 Å². The summed E-state index contributed by atoms with van der Waals surface area (Å²) in [7, 11) is 0. The smallest absolute Gasteiger partial charge is 0.237 e. The van der Waals surface area contributed by atoms with Gasteiger partial charge in [0.25, 0.3) is 0 Å². The molecule has 1 saturated carbocycles. The van der Waals surface area contributed by atoms with E-state index in [0.717, 1.165) is 25.2 Å². The Morgan fingerprint density at radius 3 is 2.67 bits per heavy atom. The molecule has 3 N–H and O–H groups in total. The molecule has 0 aromatic heterocycles. The highest BCUT2D eigenvalue weighted by atomic mass is 16.2. The van der Waals surface area contributed by atoms with Gasteiger partial charge < -0.3 is 11.1 Å². The zero-order chi connectivity index (χ0) is 11.4. The number of hydrogen-bond donors (Lipinski definition) is 2. The lowest BCUT2D eigenvalue weighted by Gasteiger charge is -2.20. The number of nitrogens with two attached hydrogens (primary N) is 1. The molecule has 3 heteroatoms. The Hall–Kier alpha value is -0.570. The van der Waals surface area contributed by atoms with Crippen molar-refractivity contribution in [1.82, 2.24) is 5.32 Å². The van der Waals surface area contributed by atoms with Crippen LogP contribution in [0.4, 0.5) is 0 Å². The predicted octanol–water partition coefficient (Wildman–Crippen LogP) is 1.66. The van der Waals surface area contributed by atoms with Gasteiger partial charge in [0, 0.05) is 6.04 Å². The molecule has 1 rings (SSSR count). The van der Waals surface area contributed by atoms with E-state index in [4.69, 9.17) is 5.73 Å². The maximum atomic E-state index is 11.8. The molecular weight excluding hydrogens is 188 g/mol. The van der Waals surface area contributed by atoms with Crippen LogP contribution >= 0.6 is 0 Å². The molecule has 0 radical (unpaired) electrons. The molecule has 15 heavy (non-hydrogen) atoms. The van der Waals surface area contributed by atoms with E-state index in [2.05, 4.69) is 19.2 Å². The van der Waals surface area contributed by atoms with Crippen molar-refractivity contribution >= 4 is 5.91 Å². The van der Waals surface area contributed by atoms with Crippen LogP contribution in [0.1, 0.15) is 46.5 Å². The Bertz CT molecular complexity index is 218. The fourth-order valence-corrected chi connectivity index (χ4v) is 2.15. The minimum absolute atomic E-state index is 0.0310. The number of carbonyl (C=O) groups excluding carboxylic acids is 1. The molecule has 3 nitrogen and oxygen atoms in total. The van der Waals surface area contributed by atoms with E-state index < -0.39 is 0 Å². The summed E-state index contributed by atoms with van der Waals surface area (Å²) < 4.78 is 0. The Balaban J connectivity index is 2.35. The van der Waals surface area contributed by atoms with Gasteiger partial charge in [-0.05, 0) is 31.1 Å². The molecule has 1 aliphatic carbocycles. The van der Waals surface area contributed by atoms with Gasteiger partial charge in [-0.25, -0.2) is 0 Å². The van der Waals surface area contributed by atoms with Crippen molar-refractivity contribution in [3.8, 4) is 0 Å². The third-order valence-electron chi connectivity index (χ3n) is 3.60. The van der Waals surface area contributed by atoms with Crippen molar-refractivity contribution in [3.63, 3.8) is 0 Å². The highest BCUT2D eigenvalue weighted by Crippen LogP contribution is 2.24. The van der Waals surface area contributed by atoms with Gasteiger partial charge in [-0.1, -0.05) is 27.2 Å². The summed E-state index contributed by atoms with van der Waals surface area (Å²) in [5, 5.41) is 3.06. The molecule has 1 aliphatic rings. The van der Waals surface area contributed by atoms with Crippen LogP contribution in [0.3, 0.4) is 0 Å². The zero-order valence-electron chi connectivity index (χ0n) is 10.1. The Kier molecular flexibility index (Phi) is 4.58. The number of hydrogen-bond acceptors (Lipinski definition) is 2. The van der Waals surface area contributed by atoms with Crippen LogP contribution in [0.2, 0.25) is 0 Å². The highest BCUT2D eigenvalue weighted by Gasteiger charge is 2.26. The number of carbonyl (C=O) groups is 1. The number of rotatable bonds is 4. The lowest BCUT2D eigenvalue weighted by Crippen LogP contribution is -2.47. The van der Waals surface area contributed by atoms with E-state index >= 15 is 0 Å². The summed E-state index contributed by atoms with van der Waals surface area (Å²) in [6.07, 6.45) is 4.40. The minimum atomic E-state index is -0.342. The van der Waals surface area contributed by atoms with Gasteiger partial charge in [0.15, 0.2) is 0 Å². The normalized spacial score (nSPS) is 29.9. The van der Waals surface area contributed by atoms with Crippen molar-refractivity contribution in [2.75, 3.05) is 0 Å². The van der Waals surface area contributed by atoms with E-state index in [1.165, 1.54) is 6.42 Å². The van der Waals surface area contributed by atoms with Gasteiger partial charge in [0.1, 0.15) is 0 Å². The average molecular weight is 212 g/mol. The van der Waals surface area contributed by atoms with E-state index in [-0.39, 0.29) is 17.9 Å². The molecule has 0 heterocycles. The topological polar surface area (TPSA) is 55.1 Å². The van der Waals surface area contributed by atoms with Crippen LogP contribution in [0.5, 0.6) is 0 Å². The van der Waals surface area contributed by atoms with E-state index in [1.54, 1.807) is 0 Å². The van der Waals surface area contributed by atoms with Crippen molar-refractivity contribution in [1.29, 1.82) is 0 Å². The van der Waals surface area contributed by atoms with E-state index in [1.807, 2.05) is 6.92 Å². The molecule has 1 fully saturated rings. The fourth-order valence-electron chi connectivity index (χ4n) is 2.15. The third-order valence-corrected chi connectivity index (χ3v) is 3.60. The molecule has 0 spiro atoms. The van der Waals surface area contributed by atoms with Crippen molar-refractivity contribution in [2.24, 2.45) is 17.6 Å². The summed E-state index contributed by atoms with van der Waals surface area (Å²) in [4.78, 5) is 11.8. The minimum Gasteiger partial charge on any atom is -0.352 e. The van der Waals surface area contributed by atoms with Crippen molar-refractivity contribution < 1.29 is 4.79 Å². The third kappa shape index (κ3) is 3.49. The van der Waals surface area contributed by atoms with E-state index in [0.29, 0.717) is 6.04 Å². The van der Waals surface area contributed by atoms with Crippen LogP contribution in [-0.2, 0) is 4.79 Å². The average Bonchev–Trinajstić information content (AvgIpc) is 2.61. The summed E-state index contributed by atoms with van der Waals surface area (Å²) in [5.41, 5.74) is 5.87. The first kappa shape index (κ1) is 12.5. The highest BCUT2D eigenvalue weighted by molar-refractivity contribution is 5.82. The van der Waals surface area contributed by atoms with Gasteiger partial charge >= 0.3 is 0 Å². The SMILES string of the molecule is CCC(C)C(N)C(=O)NC1CCC(C)C1. The molecule has 88 valence electrons. The lowest BCUT2D eigenvalue weighted by molar-refractivity contribution is -0.124. The maximum absolute atomic E-state index is 11.8. The zero-order valence-corrected chi connectivity index (χ0v) is 10.1. The van der Waals surface area contributed by atoms with Crippen LogP contribution in [0, 0.1) is 11.8 Å². The first-order chi connectivity index (χ1) is 7.04. The first-order valence-corrected chi connectivity index (χ1v) is 6.10. The van der Waals surface area contributed by atoms with Crippen LogP contribution in [0.15, 0.2) is 0 Å². The molecular formula is C12H24N2O. The lowest BCUT2D eigenvalue weighted by atomic mass is 9.99. The molecule has 1 amide bonds. The molecule has 4 atom stereocenters. The van der Waals surface area contributed by atoms with Gasteiger partial charge in [0.2, 0.25) is 5.91 Å². The predicted molar refractivity (Wildman–Crippen MR) is 62.4 cm³/mol. The second kappa shape index (κ2) is 5.50. The molecule has 0 bridgehead atoms. The Morgan fingerprint density at radius 2 is 2.20 bits per heavy atom. The molecule has 0 aromatic rings. The van der Waals surface area contributed by atoms with Crippen molar-refractivity contribution in [2.45, 2.75) is 58.5 Å². The van der Waals surface area contributed by atoms with Crippen LogP contribution < -0.4 is 11.1 Å². The summed E-state index contributed by atoms with van der Waals surface area (Å²) >= 11 is 0.